The van der Waals surface area contributed by atoms with Crippen molar-refractivity contribution in [3.05, 3.63) is 47.8 Å². The highest BCUT2D eigenvalue weighted by molar-refractivity contribution is 5.87. The summed E-state index contributed by atoms with van der Waals surface area (Å²) >= 11 is 0. The van der Waals surface area contributed by atoms with Gasteiger partial charge in [-0.2, -0.15) is 0 Å². The normalized spacial score (nSPS) is 35.6. The molecule has 2 N–H and O–H groups in total. The van der Waals surface area contributed by atoms with Crippen molar-refractivity contribution in [2.45, 2.75) is 96.6 Å². The van der Waals surface area contributed by atoms with E-state index < -0.39 is 66.1 Å². The summed E-state index contributed by atoms with van der Waals surface area (Å²) in [5.74, 6) is -2.57. The van der Waals surface area contributed by atoms with Gasteiger partial charge in [0, 0.05) is 43.9 Å². The molecule has 0 radical (unpaired) electrons. The number of aromatic nitrogens is 1. The number of fused-ring (bicyclic) bond motifs is 1. The van der Waals surface area contributed by atoms with E-state index in [9.17, 15) is 19.5 Å². The van der Waals surface area contributed by atoms with Crippen LogP contribution in [0.5, 0.6) is 0 Å². The van der Waals surface area contributed by atoms with Crippen molar-refractivity contribution < 1.29 is 43.2 Å². The van der Waals surface area contributed by atoms with E-state index in [1.807, 2.05) is 26.8 Å². The maximum absolute atomic E-state index is 13.3. The topological polar surface area (TPSA) is 133 Å². The third-order valence-corrected chi connectivity index (χ3v) is 8.94. The number of aliphatic hydroxyl groups excluding tert-OH is 1. The summed E-state index contributed by atoms with van der Waals surface area (Å²) in [7, 11) is 1.47. The minimum absolute atomic E-state index is 0.0980. The van der Waals surface area contributed by atoms with Gasteiger partial charge in [-0.05, 0) is 51.3 Å². The summed E-state index contributed by atoms with van der Waals surface area (Å²) in [6.07, 6.45) is 4.40. The smallest absolute Gasteiger partial charge is 0.355 e. The third-order valence-electron chi connectivity index (χ3n) is 8.94. The van der Waals surface area contributed by atoms with Crippen LogP contribution < -0.4 is 0 Å². The van der Waals surface area contributed by atoms with Crippen molar-refractivity contribution in [2.75, 3.05) is 7.11 Å². The van der Waals surface area contributed by atoms with E-state index in [1.165, 1.54) is 14.0 Å². The number of hydrogen-bond acceptors (Lipinski definition) is 9. The molecule has 11 atom stereocenters. The van der Waals surface area contributed by atoms with E-state index in [2.05, 4.69) is 17.1 Å². The van der Waals surface area contributed by atoms with Gasteiger partial charge in [0.15, 0.2) is 6.10 Å². The van der Waals surface area contributed by atoms with Gasteiger partial charge in [0.1, 0.15) is 30.1 Å². The average Bonchev–Trinajstić information content (AvgIpc) is 3.56. The fraction of sp³-hybridized carbons (Fsp3) is 0.645. The number of aliphatic hydroxyl groups is 1. The SMILES string of the molecule is CO[C@H]1CC2C=C[C@@H]3C[C@]2(O[C@H]3[C@H](OC(=O)c2ccc[nH]2)[C@H](C)[C@H](C)O)/C(C)=C/[C@@H](C)[C@@H](C(C)OC(C)=O)OC1=O. The third kappa shape index (κ3) is 6.29. The van der Waals surface area contributed by atoms with Crippen LogP contribution in [-0.2, 0) is 33.3 Å². The lowest BCUT2D eigenvalue weighted by Gasteiger charge is -2.41. The van der Waals surface area contributed by atoms with Gasteiger partial charge in [-0.1, -0.05) is 32.1 Å². The number of rotatable bonds is 8. The predicted molar refractivity (Wildman–Crippen MR) is 149 cm³/mol. The van der Waals surface area contributed by atoms with Crippen LogP contribution in [0.3, 0.4) is 0 Å². The molecule has 2 bridgehead atoms. The van der Waals surface area contributed by atoms with Crippen LogP contribution in [0.25, 0.3) is 0 Å². The standard InChI is InChI=1S/C31H43NO9/c1-16-13-17(2)31-15-22(28(41-31)27(18(3)19(4)33)40-29(35)24-9-8-12-32-24)10-11-23(31)14-25(37-7)30(36)39-26(16)20(5)38-21(6)34/h8-13,16,18-20,22-23,25-28,32-33H,14-15H2,1-7H3/b17-13+/t16-,18-,19+,20?,22-,23?,25+,26+,27-,28-,31+/m1/s1. The Morgan fingerprint density at radius 1 is 1.17 bits per heavy atom. The van der Waals surface area contributed by atoms with Gasteiger partial charge in [0.05, 0.1) is 11.7 Å². The number of H-pyrrole nitrogens is 1. The molecule has 1 aliphatic carbocycles. The van der Waals surface area contributed by atoms with Crippen molar-refractivity contribution in [3.8, 4) is 0 Å². The fourth-order valence-corrected chi connectivity index (χ4v) is 6.53. The van der Waals surface area contributed by atoms with E-state index in [1.54, 1.807) is 32.2 Å². The van der Waals surface area contributed by atoms with E-state index in [0.717, 1.165) is 5.57 Å². The average molecular weight is 574 g/mol. The lowest BCUT2D eigenvalue weighted by molar-refractivity contribution is -0.178. The summed E-state index contributed by atoms with van der Waals surface area (Å²) < 4.78 is 29.9. The zero-order chi connectivity index (χ0) is 30.1. The molecule has 3 heterocycles. The number of methoxy groups -OCH3 is 1. The van der Waals surface area contributed by atoms with Gasteiger partial charge in [-0.3, -0.25) is 4.79 Å². The second kappa shape index (κ2) is 12.5. The molecule has 1 saturated heterocycles. The zero-order valence-corrected chi connectivity index (χ0v) is 24.9. The minimum Gasteiger partial charge on any atom is -0.459 e. The molecule has 0 amide bonds. The van der Waals surface area contributed by atoms with Gasteiger partial charge in [0.25, 0.3) is 0 Å². The van der Waals surface area contributed by atoms with Crippen LogP contribution >= 0.6 is 0 Å². The molecule has 0 aromatic carbocycles. The Kier molecular flexibility index (Phi) is 9.45. The first kappa shape index (κ1) is 31.0. The molecular formula is C31H43NO9. The van der Waals surface area contributed by atoms with Crippen molar-refractivity contribution in [1.29, 1.82) is 0 Å². The Morgan fingerprint density at radius 2 is 1.90 bits per heavy atom. The first-order valence-corrected chi connectivity index (χ1v) is 14.4. The molecular weight excluding hydrogens is 530 g/mol. The molecule has 1 aromatic heterocycles. The first-order valence-electron chi connectivity index (χ1n) is 14.4. The van der Waals surface area contributed by atoms with E-state index in [0.29, 0.717) is 18.5 Å². The van der Waals surface area contributed by atoms with Gasteiger partial charge < -0.3 is 33.8 Å². The van der Waals surface area contributed by atoms with Crippen LogP contribution in [0.2, 0.25) is 0 Å². The maximum atomic E-state index is 13.3. The minimum atomic E-state index is -0.872. The van der Waals surface area contributed by atoms with Crippen LogP contribution in [0.15, 0.2) is 42.1 Å². The highest BCUT2D eigenvalue weighted by atomic mass is 16.6. The van der Waals surface area contributed by atoms with Gasteiger partial charge >= 0.3 is 17.9 Å². The predicted octanol–water partition coefficient (Wildman–Crippen LogP) is 3.75. The molecule has 1 fully saturated rings. The molecule has 4 rings (SSSR count). The quantitative estimate of drug-likeness (QED) is 0.271. The van der Waals surface area contributed by atoms with Gasteiger partial charge in [-0.15, -0.1) is 0 Å². The number of carbonyl (C=O) groups is 3. The molecule has 41 heavy (non-hydrogen) atoms. The molecule has 2 unspecified atom stereocenters. The van der Waals surface area contributed by atoms with Crippen molar-refractivity contribution >= 4 is 17.9 Å². The highest BCUT2D eigenvalue weighted by Crippen LogP contribution is 2.53. The molecule has 226 valence electrons. The van der Waals surface area contributed by atoms with Crippen LogP contribution in [-0.4, -0.2) is 77.3 Å². The van der Waals surface area contributed by atoms with E-state index >= 15 is 0 Å². The van der Waals surface area contributed by atoms with Gasteiger partial charge in [0.2, 0.25) is 0 Å². The Bertz CT molecular complexity index is 1160. The summed E-state index contributed by atoms with van der Waals surface area (Å²) in [4.78, 5) is 40.9. The zero-order valence-electron chi connectivity index (χ0n) is 24.9. The number of carbonyl (C=O) groups excluding carboxylic acids is 3. The summed E-state index contributed by atoms with van der Waals surface area (Å²) in [5, 5.41) is 10.6. The van der Waals surface area contributed by atoms with Crippen molar-refractivity contribution in [1.82, 2.24) is 4.98 Å². The monoisotopic (exact) mass is 573 g/mol. The number of esters is 3. The lowest BCUT2D eigenvalue weighted by Crippen LogP contribution is -2.47. The van der Waals surface area contributed by atoms with Crippen LogP contribution in [0, 0.1) is 23.7 Å². The number of hydrogen-bond donors (Lipinski definition) is 2. The largest absolute Gasteiger partial charge is 0.459 e. The van der Waals surface area contributed by atoms with Crippen molar-refractivity contribution in [3.63, 3.8) is 0 Å². The summed E-state index contributed by atoms with van der Waals surface area (Å²) in [6, 6.07) is 3.36. The van der Waals surface area contributed by atoms with Crippen LogP contribution in [0.1, 0.15) is 64.9 Å². The number of cyclic esters (lactones) is 1. The fourth-order valence-electron chi connectivity index (χ4n) is 6.53. The van der Waals surface area contributed by atoms with Crippen molar-refractivity contribution in [2.24, 2.45) is 23.7 Å². The Hall–Kier alpha value is -2.95. The molecule has 1 aromatic rings. The van der Waals surface area contributed by atoms with Gasteiger partial charge in [-0.25, -0.2) is 9.59 Å². The molecule has 2 aliphatic heterocycles. The maximum Gasteiger partial charge on any atom is 0.355 e. The second-order valence-corrected chi connectivity index (χ2v) is 11.8. The second-order valence-electron chi connectivity index (χ2n) is 11.8. The first-order chi connectivity index (χ1) is 19.4. The Balaban J connectivity index is 1.73. The molecule has 10 heteroatoms. The Labute approximate surface area is 241 Å². The highest BCUT2D eigenvalue weighted by Gasteiger charge is 2.57. The van der Waals surface area contributed by atoms with E-state index in [-0.39, 0.29) is 17.8 Å². The molecule has 0 saturated carbocycles. The number of aromatic amines is 1. The summed E-state index contributed by atoms with van der Waals surface area (Å²) in [5.41, 5.74) is 0.453. The summed E-state index contributed by atoms with van der Waals surface area (Å²) in [6.45, 7) is 10.5. The van der Waals surface area contributed by atoms with Crippen LogP contribution in [0.4, 0.5) is 0 Å². The molecule has 1 spiro atoms. The number of nitrogens with one attached hydrogen (secondary N) is 1. The van der Waals surface area contributed by atoms with E-state index in [4.69, 9.17) is 23.7 Å². The lowest BCUT2D eigenvalue weighted by atomic mass is 9.69. The molecule has 10 nitrogen and oxygen atoms in total. The number of ether oxygens (including phenoxy) is 5. The Morgan fingerprint density at radius 3 is 2.51 bits per heavy atom. The molecule has 3 aliphatic rings.